The molecule has 0 heterocycles. The highest BCUT2D eigenvalue weighted by atomic mass is 16.5. The second-order valence-electron chi connectivity index (χ2n) is 9.79. The van der Waals surface area contributed by atoms with Crippen LogP contribution in [-0.4, -0.2) is 120 Å². The van der Waals surface area contributed by atoms with Gasteiger partial charge in [-0.15, -0.1) is 0 Å². The van der Waals surface area contributed by atoms with Gasteiger partial charge < -0.3 is 42.7 Å². The topological polar surface area (TPSA) is 125 Å². The van der Waals surface area contributed by atoms with Crippen LogP contribution < -0.4 is 0 Å². The molecule has 0 aliphatic carbocycles. The number of ketones is 2. The fraction of sp³-hybridized carbons (Fsp3) is 0.767. The van der Waals surface area contributed by atoms with Crippen LogP contribution in [0.3, 0.4) is 0 Å². The number of unbranched alkanes of at least 4 members (excludes halogenated alkanes) is 2. The van der Waals surface area contributed by atoms with Crippen LogP contribution in [0.1, 0.15) is 39.5 Å². The maximum absolute atomic E-state index is 10.6. The van der Waals surface area contributed by atoms with Gasteiger partial charge in [0.2, 0.25) is 0 Å². The molecule has 0 aromatic heterocycles. The molecular formula is C30H56O11. The zero-order chi connectivity index (χ0) is 32.0. The van der Waals surface area contributed by atoms with Crippen molar-refractivity contribution in [2.45, 2.75) is 39.5 Å². The molecule has 0 unspecified atom stereocenters. The van der Waals surface area contributed by atoms with Crippen molar-refractivity contribution < 1.29 is 52.3 Å². The number of methoxy groups -OCH3 is 6. The third-order valence-electron chi connectivity index (χ3n) is 5.39. The minimum atomic E-state index is -0.383. The van der Waals surface area contributed by atoms with Crippen LogP contribution in [0.25, 0.3) is 0 Å². The van der Waals surface area contributed by atoms with Crippen molar-refractivity contribution in [1.29, 1.82) is 0 Å². The number of ether oxygens (including phenoxy) is 8. The molecule has 0 rings (SSSR count). The summed E-state index contributed by atoms with van der Waals surface area (Å²) in [6.45, 7) is 13.8. The molecule has 41 heavy (non-hydrogen) atoms. The van der Waals surface area contributed by atoms with Gasteiger partial charge >= 0.3 is 5.97 Å². The molecule has 11 heteroatoms. The van der Waals surface area contributed by atoms with Gasteiger partial charge in [0.05, 0.1) is 70.3 Å². The van der Waals surface area contributed by atoms with Gasteiger partial charge in [0, 0.05) is 55.2 Å². The lowest BCUT2D eigenvalue weighted by atomic mass is 9.90. The van der Waals surface area contributed by atoms with Crippen LogP contribution in [-0.2, 0) is 52.3 Å². The number of hydrogen-bond acceptors (Lipinski definition) is 11. The highest BCUT2D eigenvalue weighted by Gasteiger charge is 2.35. The maximum Gasteiger partial charge on any atom is 0.330 e. The number of allylic oxidation sites excluding steroid dienone is 1. The molecule has 0 aliphatic rings. The quantitative estimate of drug-likeness (QED) is 0.0929. The van der Waals surface area contributed by atoms with Crippen LogP contribution in [0.5, 0.6) is 0 Å². The molecule has 0 saturated carbocycles. The SMILES string of the molecule is C=CC(=O)OCCCCCC(C)=O.C=CC(C)=O.COCC(COC)(COC)COCC(COC)(COC)COC. The second kappa shape index (κ2) is 29.5. The molecule has 0 N–H and O–H groups in total. The van der Waals surface area contributed by atoms with Gasteiger partial charge in [0.15, 0.2) is 5.78 Å². The van der Waals surface area contributed by atoms with Gasteiger partial charge in [-0.25, -0.2) is 4.79 Å². The Bertz CT molecular complexity index is 619. The summed E-state index contributed by atoms with van der Waals surface area (Å²) in [5.41, 5.74) is -0.700. The highest BCUT2D eigenvalue weighted by Crippen LogP contribution is 2.24. The molecule has 11 nitrogen and oxygen atoms in total. The molecule has 0 aromatic rings. The van der Waals surface area contributed by atoms with E-state index in [1.54, 1.807) is 49.6 Å². The predicted molar refractivity (Wildman–Crippen MR) is 158 cm³/mol. The Labute approximate surface area is 247 Å². The minimum absolute atomic E-state index is 0.0185. The molecular weight excluding hydrogens is 536 g/mol. The Morgan fingerprint density at radius 3 is 1.22 bits per heavy atom. The van der Waals surface area contributed by atoms with Crippen LogP contribution in [0.4, 0.5) is 0 Å². The van der Waals surface area contributed by atoms with Gasteiger partial charge in [-0.3, -0.25) is 4.79 Å². The van der Waals surface area contributed by atoms with Gasteiger partial charge in [0.25, 0.3) is 0 Å². The van der Waals surface area contributed by atoms with E-state index in [-0.39, 0.29) is 28.4 Å². The first-order chi connectivity index (χ1) is 19.5. The van der Waals surface area contributed by atoms with E-state index in [9.17, 15) is 14.4 Å². The summed E-state index contributed by atoms with van der Waals surface area (Å²) < 4.78 is 42.7. The fourth-order valence-corrected chi connectivity index (χ4v) is 3.71. The summed E-state index contributed by atoms with van der Waals surface area (Å²) in [4.78, 5) is 30.8. The summed E-state index contributed by atoms with van der Waals surface area (Å²) >= 11 is 0. The average molecular weight is 593 g/mol. The standard InChI is InChI=1S/C16H34O7.C10H16O3.C4H6O/c1-17-7-15(8-18-2,9-19-3)13-23-14-16(10-20-4,11-21-5)12-22-6;1-3-10(12)13-8-6-4-5-7-9(2)11;1-3-4(2)5/h7-14H2,1-6H3;3H,1,4-8H2,2H3;3H,1H2,2H3. The molecule has 0 aliphatic heterocycles. The summed E-state index contributed by atoms with van der Waals surface area (Å²) in [5.74, 6) is -0.153. The van der Waals surface area contributed by atoms with E-state index < -0.39 is 0 Å². The van der Waals surface area contributed by atoms with Crippen LogP contribution in [0.2, 0.25) is 0 Å². The first-order valence-corrected chi connectivity index (χ1v) is 13.4. The first kappa shape index (κ1) is 43.5. The van der Waals surface area contributed by atoms with Crippen LogP contribution in [0.15, 0.2) is 25.3 Å². The van der Waals surface area contributed by atoms with Crippen molar-refractivity contribution >= 4 is 17.5 Å². The third kappa shape index (κ3) is 26.6. The molecule has 0 bridgehead atoms. The van der Waals surface area contributed by atoms with Gasteiger partial charge in [0.1, 0.15) is 5.78 Å². The number of esters is 1. The molecule has 0 aromatic carbocycles. The zero-order valence-electron chi connectivity index (χ0n) is 26.8. The summed E-state index contributed by atoms with van der Waals surface area (Å²) in [7, 11) is 9.95. The third-order valence-corrected chi connectivity index (χ3v) is 5.39. The van der Waals surface area contributed by atoms with E-state index in [4.69, 9.17) is 37.9 Å². The van der Waals surface area contributed by atoms with Crippen molar-refractivity contribution in [2.24, 2.45) is 10.8 Å². The molecule has 0 fully saturated rings. The van der Waals surface area contributed by atoms with E-state index in [1.807, 2.05) is 0 Å². The second-order valence-corrected chi connectivity index (χ2v) is 9.79. The lowest BCUT2D eigenvalue weighted by Crippen LogP contribution is -2.45. The molecule has 0 saturated heterocycles. The Hall–Kier alpha value is -1.99. The molecule has 242 valence electrons. The lowest BCUT2D eigenvalue weighted by molar-refractivity contribution is -0.137. The Balaban J connectivity index is -0.000000670. The van der Waals surface area contributed by atoms with E-state index in [2.05, 4.69) is 13.2 Å². The number of Topliss-reactive ketones (excluding diaryl/α,β-unsaturated/α-hetero) is 1. The fourth-order valence-electron chi connectivity index (χ4n) is 3.71. The van der Waals surface area contributed by atoms with E-state index in [1.165, 1.54) is 13.0 Å². The van der Waals surface area contributed by atoms with E-state index in [0.717, 1.165) is 25.3 Å². The van der Waals surface area contributed by atoms with Gasteiger partial charge in [-0.1, -0.05) is 13.2 Å². The van der Waals surface area contributed by atoms with Crippen molar-refractivity contribution in [1.82, 2.24) is 0 Å². The van der Waals surface area contributed by atoms with Crippen LogP contribution >= 0.6 is 0 Å². The molecule has 0 spiro atoms. The Morgan fingerprint density at radius 2 is 0.951 bits per heavy atom. The highest BCUT2D eigenvalue weighted by molar-refractivity contribution is 5.86. The monoisotopic (exact) mass is 592 g/mol. The number of hydrogen-bond donors (Lipinski definition) is 0. The van der Waals surface area contributed by atoms with Gasteiger partial charge in [-0.2, -0.15) is 0 Å². The average Bonchev–Trinajstić information content (AvgIpc) is 2.92. The van der Waals surface area contributed by atoms with E-state index >= 15 is 0 Å². The zero-order valence-corrected chi connectivity index (χ0v) is 26.8. The van der Waals surface area contributed by atoms with Crippen molar-refractivity contribution in [3.63, 3.8) is 0 Å². The van der Waals surface area contributed by atoms with Crippen molar-refractivity contribution in [2.75, 3.05) is 102 Å². The molecule has 0 amide bonds. The summed E-state index contributed by atoms with van der Waals surface area (Å²) in [6, 6.07) is 0. The van der Waals surface area contributed by atoms with E-state index in [0.29, 0.717) is 65.9 Å². The van der Waals surface area contributed by atoms with Gasteiger partial charge in [-0.05, 0) is 39.2 Å². The minimum Gasteiger partial charge on any atom is -0.463 e. The van der Waals surface area contributed by atoms with Crippen molar-refractivity contribution in [3.8, 4) is 0 Å². The number of carbonyl (C=O) groups excluding carboxylic acids is 3. The normalized spacial score (nSPS) is 10.9. The summed E-state index contributed by atoms with van der Waals surface area (Å²) in [5, 5.41) is 0. The summed E-state index contributed by atoms with van der Waals surface area (Å²) in [6.07, 6.45) is 5.66. The smallest absolute Gasteiger partial charge is 0.330 e. The largest absolute Gasteiger partial charge is 0.463 e. The predicted octanol–water partition coefficient (Wildman–Crippen LogP) is 3.48. The Kier molecular flexibility index (Phi) is 31.3. The molecule has 0 radical (unpaired) electrons. The Morgan fingerprint density at radius 1 is 0.585 bits per heavy atom. The van der Waals surface area contributed by atoms with Crippen LogP contribution in [0, 0.1) is 10.8 Å². The van der Waals surface area contributed by atoms with Crippen molar-refractivity contribution in [3.05, 3.63) is 25.3 Å². The number of carbonyl (C=O) groups is 3. The lowest BCUT2D eigenvalue weighted by Gasteiger charge is -2.35. The maximum atomic E-state index is 10.6. The molecule has 0 atom stereocenters. The number of rotatable bonds is 24. The first-order valence-electron chi connectivity index (χ1n) is 13.4.